The molecule has 0 fully saturated rings. The molecule has 2 aromatic carbocycles. The Kier molecular flexibility index (Phi) is 6.06. The highest BCUT2D eigenvalue weighted by atomic mass is 15.1. The first-order valence-corrected chi connectivity index (χ1v) is 9.36. The van der Waals surface area contributed by atoms with Gasteiger partial charge < -0.3 is 4.57 Å². The first-order chi connectivity index (χ1) is 11.9. The van der Waals surface area contributed by atoms with E-state index in [0.29, 0.717) is 0 Å². The molecule has 1 heterocycles. The molecule has 0 unspecified atom stereocenters. The summed E-state index contributed by atoms with van der Waals surface area (Å²) in [5, 5.41) is 0. The summed E-state index contributed by atoms with van der Waals surface area (Å²) in [7, 11) is 0. The fourth-order valence-corrected chi connectivity index (χ4v) is 3.34. The van der Waals surface area contributed by atoms with Crippen LogP contribution in [0.25, 0.3) is 11.0 Å². The van der Waals surface area contributed by atoms with Crippen LogP contribution in [0.4, 0.5) is 0 Å². The lowest BCUT2D eigenvalue weighted by Crippen LogP contribution is -2.05. The summed E-state index contributed by atoms with van der Waals surface area (Å²) < 4.78 is 2.45. The van der Waals surface area contributed by atoms with Gasteiger partial charge in [0, 0.05) is 13.0 Å². The topological polar surface area (TPSA) is 17.8 Å². The number of hydrogen-bond donors (Lipinski definition) is 0. The lowest BCUT2D eigenvalue weighted by Gasteiger charge is -2.09. The van der Waals surface area contributed by atoms with Gasteiger partial charge >= 0.3 is 0 Å². The highest BCUT2D eigenvalue weighted by molar-refractivity contribution is 5.75. The predicted octanol–water partition coefficient (Wildman–Crippen LogP) is 5.79. The molecule has 0 N–H and O–H groups in total. The van der Waals surface area contributed by atoms with Gasteiger partial charge in [-0.25, -0.2) is 4.98 Å². The van der Waals surface area contributed by atoms with Crippen molar-refractivity contribution in [2.75, 3.05) is 0 Å². The maximum Gasteiger partial charge on any atom is 0.110 e. The number of fused-ring (bicyclic) bond motifs is 1. The zero-order chi connectivity index (χ0) is 16.6. The Balaban J connectivity index is 1.72. The van der Waals surface area contributed by atoms with Crippen molar-refractivity contribution in [3.05, 3.63) is 66.0 Å². The monoisotopic (exact) mass is 320 g/mol. The fourth-order valence-electron chi connectivity index (χ4n) is 3.34. The third-order valence-corrected chi connectivity index (χ3v) is 4.70. The smallest absolute Gasteiger partial charge is 0.110 e. The summed E-state index contributed by atoms with van der Waals surface area (Å²) in [4.78, 5) is 4.91. The van der Waals surface area contributed by atoms with E-state index in [1.807, 2.05) is 0 Å². The van der Waals surface area contributed by atoms with Gasteiger partial charge in [-0.2, -0.15) is 0 Å². The minimum Gasteiger partial charge on any atom is -0.328 e. The van der Waals surface area contributed by atoms with Gasteiger partial charge in [-0.3, -0.25) is 0 Å². The molecule has 3 aromatic rings. The molecule has 0 spiro atoms. The molecule has 0 bridgehead atoms. The van der Waals surface area contributed by atoms with Gasteiger partial charge in [0.25, 0.3) is 0 Å². The molecule has 2 nitrogen and oxygen atoms in total. The second kappa shape index (κ2) is 8.68. The molecule has 3 rings (SSSR count). The van der Waals surface area contributed by atoms with Gasteiger partial charge in [-0.05, 0) is 30.5 Å². The Morgan fingerprint density at radius 3 is 2.38 bits per heavy atom. The number of imidazole rings is 1. The van der Waals surface area contributed by atoms with Crippen molar-refractivity contribution in [2.24, 2.45) is 0 Å². The predicted molar refractivity (Wildman–Crippen MR) is 102 cm³/mol. The normalized spacial score (nSPS) is 11.2. The van der Waals surface area contributed by atoms with E-state index in [0.717, 1.165) is 24.9 Å². The quantitative estimate of drug-likeness (QED) is 0.456. The van der Waals surface area contributed by atoms with Crippen molar-refractivity contribution in [2.45, 2.75) is 58.4 Å². The lowest BCUT2D eigenvalue weighted by atomic mass is 10.1. The Labute approximate surface area is 145 Å². The van der Waals surface area contributed by atoms with Gasteiger partial charge in [-0.15, -0.1) is 0 Å². The standard InChI is InChI=1S/C22H28N2/c1-2-3-4-5-11-18-24-21-15-10-9-14-20(21)23-22(24)17-16-19-12-7-6-8-13-19/h6-10,12-15H,2-5,11,16-18H2,1H3. The van der Waals surface area contributed by atoms with Crippen molar-refractivity contribution in [3.63, 3.8) is 0 Å². The van der Waals surface area contributed by atoms with Gasteiger partial charge in [-0.1, -0.05) is 75.1 Å². The molecule has 0 aliphatic carbocycles. The number of benzene rings is 2. The summed E-state index contributed by atoms with van der Waals surface area (Å²) in [6, 6.07) is 19.3. The first kappa shape index (κ1) is 16.8. The summed E-state index contributed by atoms with van der Waals surface area (Å²) in [5.41, 5.74) is 3.81. The summed E-state index contributed by atoms with van der Waals surface area (Å²) in [6.07, 6.45) is 8.63. The third-order valence-electron chi connectivity index (χ3n) is 4.70. The number of nitrogens with zero attached hydrogens (tertiary/aromatic N) is 2. The number of aryl methyl sites for hydroxylation is 3. The van der Waals surface area contributed by atoms with Crippen LogP contribution in [0.15, 0.2) is 54.6 Å². The third kappa shape index (κ3) is 4.25. The summed E-state index contributed by atoms with van der Waals surface area (Å²) in [5.74, 6) is 1.23. The maximum absolute atomic E-state index is 4.91. The minimum absolute atomic E-state index is 1.01. The molecule has 0 aliphatic rings. The van der Waals surface area contributed by atoms with Crippen molar-refractivity contribution >= 4 is 11.0 Å². The molecule has 2 heteroatoms. The number of unbranched alkanes of at least 4 members (excludes halogenated alkanes) is 4. The number of aromatic nitrogens is 2. The van der Waals surface area contributed by atoms with Crippen LogP contribution in [0, 0.1) is 0 Å². The second-order valence-electron chi connectivity index (χ2n) is 6.57. The number of para-hydroxylation sites is 2. The van der Waals surface area contributed by atoms with E-state index >= 15 is 0 Å². The molecule has 0 amide bonds. The number of hydrogen-bond acceptors (Lipinski definition) is 1. The average molecular weight is 320 g/mol. The van der Waals surface area contributed by atoms with Crippen molar-refractivity contribution < 1.29 is 0 Å². The van der Waals surface area contributed by atoms with E-state index in [1.165, 1.54) is 49.0 Å². The Morgan fingerprint density at radius 1 is 0.792 bits per heavy atom. The molecule has 24 heavy (non-hydrogen) atoms. The van der Waals surface area contributed by atoms with E-state index < -0.39 is 0 Å². The largest absolute Gasteiger partial charge is 0.328 e. The van der Waals surface area contributed by atoms with Crippen LogP contribution in [0.3, 0.4) is 0 Å². The Morgan fingerprint density at radius 2 is 1.54 bits per heavy atom. The Hall–Kier alpha value is -2.09. The van der Waals surface area contributed by atoms with Crippen LogP contribution in [0.5, 0.6) is 0 Å². The van der Waals surface area contributed by atoms with Crippen LogP contribution in [-0.4, -0.2) is 9.55 Å². The molecule has 0 saturated carbocycles. The van der Waals surface area contributed by atoms with E-state index in [4.69, 9.17) is 4.98 Å². The highest BCUT2D eigenvalue weighted by Gasteiger charge is 2.10. The number of rotatable bonds is 9. The zero-order valence-corrected chi connectivity index (χ0v) is 14.7. The lowest BCUT2D eigenvalue weighted by molar-refractivity contribution is 0.561. The molecular formula is C22H28N2. The minimum atomic E-state index is 1.01. The zero-order valence-electron chi connectivity index (χ0n) is 14.7. The van der Waals surface area contributed by atoms with Crippen molar-refractivity contribution in [3.8, 4) is 0 Å². The second-order valence-corrected chi connectivity index (χ2v) is 6.57. The van der Waals surface area contributed by atoms with Gasteiger partial charge in [0.15, 0.2) is 0 Å². The molecule has 0 saturated heterocycles. The molecule has 126 valence electrons. The van der Waals surface area contributed by atoms with Crippen LogP contribution in [0.1, 0.15) is 50.4 Å². The van der Waals surface area contributed by atoms with E-state index in [2.05, 4.69) is 66.1 Å². The van der Waals surface area contributed by atoms with Crippen LogP contribution in [-0.2, 0) is 19.4 Å². The van der Waals surface area contributed by atoms with Gasteiger partial charge in [0.05, 0.1) is 11.0 Å². The molecule has 0 aliphatic heterocycles. The van der Waals surface area contributed by atoms with Crippen LogP contribution < -0.4 is 0 Å². The summed E-state index contributed by atoms with van der Waals surface area (Å²) >= 11 is 0. The van der Waals surface area contributed by atoms with Crippen molar-refractivity contribution in [1.29, 1.82) is 0 Å². The molecule has 0 atom stereocenters. The average Bonchev–Trinajstić information content (AvgIpc) is 2.98. The molecule has 0 radical (unpaired) electrons. The SMILES string of the molecule is CCCCCCCn1c(CCc2ccccc2)nc2ccccc21. The Bertz CT molecular complexity index is 743. The maximum atomic E-state index is 4.91. The molecule has 1 aromatic heterocycles. The van der Waals surface area contributed by atoms with Gasteiger partial charge in [0.1, 0.15) is 5.82 Å². The fraction of sp³-hybridized carbons (Fsp3) is 0.409. The van der Waals surface area contributed by atoms with E-state index in [-0.39, 0.29) is 0 Å². The van der Waals surface area contributed by atoms with E-state index in [9.17, 15) is 0 Å². The van der Waals surface area contributed by atoms with E-state index in [1.54, 1.807) is 0 Å². The molecular weight excluding hydrogens is 292 g/mol. The highest BCUT2D eigenvalue weighted by Crippen LogP contribution is 2.19. The summed E-state index contributed by atoms with van der Waals surface area (Å²) in [6.45, 7) is 3.36. The van der Waals surface area contributed by atoms with Crippen molar-refractivity contribution in [1.82, 2.24) is 9.55 Å². The van der Waals surface area contributed by atoms with Crippen LogP contribution in [0.2, 0.25) is 0 Å². The van der Waals surface area contributed by atoms with Gasteiger partial charge in [0.2, 0.25) is 0 Å². The van der Waals surface area contributed by atoms with Crippen LogP contribution >= 0.6 is 0 Å². The first-order valence-electron chi connectivity index (χ1n) is 9.36.